The first-order valence-corrected chi connectivity index (χ1v) is 7.11. The largest absolute Gasteiger partial charge is 0.331 e. The molecule has 20 heavy (non-hydrogen) atoms. The second-order valence-corrected chi connectivity index (χ2v) is 5.23. The molecule has 1 aliphatic rings. The van der Waals surface area contributed by atoms with E-state index in [4.69, 9.17) is 0 Å². The van der Waals surface area contributed by atoms with Crippen molar-refractivity contribution < 1.29 is 9.18 Å². The molecule has 1 aromatic carbocycles. The van der Waals surface area contributed by atoms with Gasteiger partial charge in [-0.25, -0.2) is 4.39 Å². The average molecular weight is 273 g/mol. The monoisotopic (exact) mass is 273 g/mol. The SMILES string of the molecule is C=C=CC(=O)N(Cc1ccc(F)cc1)C1CCCCC1. The van der Waals surface area contributed by atoms with Crippen LogP contribution in [-0.2, 0) is 11.3 Å². The lowest BCUT2D eigenvalue weighted by molar-refractivity contribution is -0.129. The predicted octanol–water partition coefficient (Wildman–Crippen LogP) is 3.83. The van der Waals surface area contributed by atoms with Crippen LogP contribution in [0.5, 0.6) is 0 Å². The summed E-state index contributed by atoms with van der Waals surface area (Å²) in [5.41, 5.74) is 3.50. The van der Waals surface area contributed by atoms with Crippen molar-refractivity contribution in [1.82, 2.24) is 4.90 Å². The highest BCUT2D eigenvalue weighted by Gasteiger charge is 2.24. The van der Waals surface area contributed by atoms with Crippen LogP contribution < -0.4 is 0 Å². The maximum Gasteiger partial charge on any atom is 0.254 e. The van der Waals surface area contributed by atoms with Crippen LogP contribution in [0.2, 0.25) is 0 Å². The topological polar surface area (TPSA) is 20.3 Å². The molecule has 0 heterocycles. The summed E-state index contributed by atoms with van der Waals surface area (Å²) in [6, 6.07) is 6.60. The van der Waals surface area contributed by atoms with Crippen LogP contribution in [0.1, 0.15) is 37.7 Å². The summed E-state index contributed by atoms with van der Waals surface area (Å²) in [6.45, 7) is 3.99. The van der Waals surface area contributed by atoms with Gasteiger partial charge in [0.05, 0.1) is 0 Å². The highest BCUT2D eigenvalue weighted by molar-refractivity contribution is 5.87. The number of benzene rings is 1. The van der Waals surface area contributed by atoms with Crippen LogP contribution in [0, 0.1) is 5.82 Å². The summed E-state index contributed by atoms with van der Waals surface area (Å²) in [5, 5.41) is 0. The molecule has 0 spiro atoms. The van der Waals surface area contributed by atoms with E-state index >= 15 is 0 Å². The van der Waals surface area contributed by atoms with Crippen molar-refractivity contribution in [3.63, 3.8) is 0 Å². The van der Waals surface area contributed by atoms with E-state index in [9.17, 15) is 9.18 Å². The third-order valence-corrected chi connectivity index (χ3v) is 3.79. The summed E-state index contributed by atoms with van der Waals surface area (Å²) in [4.78, 5) is 14.1. The molecule has 0 radical (unpaired) electrons. The molecule has 0 unspecified atom stereocenters. The summed E-state index contributed by atoms with van der Waals surface area (Å²) in [7, 11) is 0. The fraction of sp³-hybridized carbons (Fsp3) is 0.412. The first-order chi connectivity index (χ1) is 9.70. The molecule has 1 amide bonds. The number of rotatable bonds is 4. The van der Waals surface area contributed by atoms with Crippen molar-refractivity contribution in [3.05, 3.63) is 54.0 Å². The van der Waals surface area contributed by atoms with Gasteiger partial charge in [0.25, 0.3) is 5.91 Å². The van der Waals surface area contributed by atoms with Gasteiger partial charge in [0.2, 0.25) is 0 Å². The Bertz CT molecular complexity index is 496. The fourth-order valence-electron chi connectivity index (χ4n) is 2.74. The maximum atomic E-state index is 13.0. The third kappa shape index (κ3) is 3.82. The quantitative estimate of drug-likeness (QED) is 0.603. The third-order valence-electron chi connectivity index (χ3n) is 3.79. The molecular formula is C17H20FNO. The summed E-state index contributed by atoms with van der Waals surface area (Å²) in [6.07, 6.45) is 7.03. The Morgan fingerprint density at radius 1 is 1.30 bits per heavy atom. The van der Waals surface area contributed by atoms with E-state index in [2.05, 4.69) is 12.3 Å². The van der Waals surface area contributed by atoms with Gasteiger partial charge < -0.3 is 4.90 Å². The van der Waals surface area contributed by atoms with Crippen molar-refractivity contribution in [3.8, 4) is 0 Å². The summed E-state index contributed by atoms with van der Waals surface area (Å²) < 4.78 is 13.0. The minimum atomic E-state index is -0.254. The van der Waals surface area contributed by atoms with Gasteiger partial charge in [0, 0.05) is 18.7 Å². The molecule has 2 nitrogen and oxygen atoms in total. The predicted molar refractivity (Wildman–Crippen MR) is 77.5 cm³/mol. The molecule has 0 saturated heterocycles. The number of amides is 1. The van der Waals surface area contributed by atoms with Gasteiger partial charge in [-0.1, -0.05) is 38.0 Å². The minimum absolute atomic E-state index is 0.0591. The second-order valence-electron chi connectivity index (χ2n) is 5.23. The lowest BCUT2D eigenvalue weighted by Gasteiger charge is -2.33. The summed E-state index contributed by atoms with van der Waals surface area (Å²) >= 11 is 0. The molecule has 2 rings (SSSR count). The smallest absolute Gasteiger partial charge is 0.254 e. The fourth-order valence-corrected chi connectivity index (χ4v) is 2.74. The van der Waals surface area contributed by atoms with E-state index in [1.54, 1.807) is 12.1 Å². The van der Waals surface area contributed by atoms with E-state index in [1.165, 1.54) is 24.6 Å². The van der Waals surface area contributed by atoms with Gasteiger partial charge in [-0.15, -0.1) is 5.73 Å². The zero-order valence-corrected chi connectivity index (χ0v) is 11.6. The van der Waals surface area contributed by atoms with Gasteiger partial charge in [0.15, 0.2) is 0 Å². The Hall–Kier alpha value is -1.86. The van der Waals surface area contributed by atoms with Crippen molar-refractivity contribution in [2.45, 2.75) is 44.7 Å². The Morgan fingerprint density at radius 2 is 1.95 bits per heavy atom. The Balaban J connectivity index is 2.14. The zero-order chi connectivity index (χ0) is 14.4. The van der Waals surface area contributed by atoms with Gasteiger partial charge in [-0.3, -0.25) is 4.79 Å². The molecule has 1 aromatic rings. The molecule has 3 heteroatoms. The molecule has 106 valence electrons. The van der Waals surface area contributed by atoms with Gasteiger partial charge in [-0.05, 0) is 30.5 Å². The van der Waals surface area contributed by atoms with Gasteiger partial charge in [0.1, 0.15) is 5.82 Å². The molecule has 0 N–H and O–H groups in total. The Labute approximate surface area is 119 Å². The molecule has 1 aliphatic carbocycles. The van der Waals surface area contributed by atoms with E-state index < -0.39 is 0 Å². The van der Waals surface area contributed by atoms with E-state index in [0.29, 0.717) is 6.54 Å². The molecule has 0 aromatic heterocycles. The number of carbonyl (C=O) groups is 1. The van der Waals surface area contributed by atoms with Crippen LogP contribution in [0.25, 0.3) is 0 Å². The van der Waals surface area contributed by atoms with E-state index in [1.807, 2.05) is 4.90 Å². The normalized spacial score (nSPS) is 15.4. The summed E-state index contributed by atoms with van der Waals surface area (Å²) in [5.74, 6) is -0.313. The molecule has 0 aliphatic heterocycles. The van der Waals surface area contributed by atoms with Crippen molar-refractivity contribution in [1.29, 1.82) is 0 Å². The molecule has 0 bridgehead atoms. The van der Waals surface area contributed by atoms with Crippen LogP contribution in [0.4, 0.5) is 4.39 Å². The average Bonchev–Trinajstić information content (AvgIpc) is 2.48. The highest BCUT2D eigenvalue weighted by Crippen LogP contribution is 2.24. The number of hydrogen-bond acceptors (Lipinski definition) is 1. The second kappa shape index (κ2) is 7.06. The van der Waals surface area contributed by atoms with Crippen molar-refractivity contribution >= 4 is 5.91 Å². The maximum absolute atomic E-state index is 13.0. The highest BCUT2D eigenvalue weighted by atomic mass is 19.1. The van der Waals surface area contributed by atoms with Crippen LogP contribution in [0.15, 0.2) is 42.7 Å². The molecule has 1 saturated carbocycles. The minimum Gasteiger partial charge on any atom is -0.331 e. The molecular weight excluding hydrogens is 253 g/mol. The number of nitrogens with zero attached hydrogens (tertiary/aromatic N) is 1. The standard InChI is InChI=1S/C17H20FNO/c1-2-6-17(20)19(16-7-4-3-5-8-16)13-14-9-11-15(18)12-10-14/h6,9-12,16H,1,3-5,7-8,13H2. The number of hydrogen-bond donors (Lipinski definition) is 0. The van der Waals surface area contributed by atoms with Crippen LogP contribution in [0.3, 0.4) is 0 Å². The van der Waals surface area contributed by atoms with E-state index in [-0.39, 0.29) is 17.8 Å². The van der Waals surface area contributed by atoms with Crippen molar-refractivity contribution in [2.75, 3.05) is 0 Å². The van der Waals surface area contributed by atoms with Crippen molar-refractivity contribution in [2.24, 2.45) is 0 Å². The first-order valence-electron chi connectivity index (χ1n) is 7.11. The first kappa shape index (κ1) is 14.5. The molecule has 0 atom stereocenters. The van der Waals surface area contributed by atoms with E-state index in [0.717, 1.165) is 31.2 Å². The lowest BCUT2D eigenvalue weighted by atomic mass is 9.93. The Morgan fingerprint density at radius 3 is 2.55 bits per heavy atom. The number of carbonyl (C=O) groups excluding carboxylic acids is 1. The lowest BCUT2D eigenvalue weighted by Crippen LogP contribution is -2.40. The zero-order valence-electron chi connectivity index (χ0n) is 11.6. The van der Waals surface area contributed by atoms with Crippen LogP contribution >= 0.6 is 0 Å². The van der Waals surface area contributed by atoms with Gasteiger partial charge in [-0.2, -0.15) is 0 Å². The number of halogens is 1. The van der Waals surface area contributed by atoms with Gasteiger partial charge >= 0.3 is 0 Å². The van der Waals surface area contributed by atoms with Crippen LogP contribution in [-0.4, -0.2) is 16.8 Å². The molecule has 1 fully saturated rings. The Kier molecular flexibility index (Phi) is 5.14.